The fraction of sp³-hybridized carbons (Fsp3) is 0.133. The molecule has 2 aromatic rings. The average Bonchev–Trinajstić information content (AvgIpc) is 2.42. The number of nitrogens with one attached hydrogen (secondary N) is 1. The molecule has 0 aliphatic carbocycles. The first-order valence-electron chi connectivity index (χ1n) is 5.83. The van der Waals surface area contributed by atoms with E-state index in [1.54, 1.807) is 0 Å². The van der Waals surface area contributed by atoms with E-state index in [4.69, 9.17) is 0 Å². The maximum atomic E-state index is 12.1. The molecule has 18 heavy (non-hydrogen) atoms. The molecule has 0 fully saturated rings. The van der Waals surface area contributed by atoms with Gasteiger partial charge in [0, 0.05) is 5.69 Å². The zero-order chi connectivity index (χ0) is 12.8. The van der Waals surface area contributed by atoms with Crippen LogP contribution in [0.3, 0.4) is 0 Å². The van der Waals surface area contributed by atoms with Gasteiger partial charge < -0.3 is 10.4 Å². The second-order valence-corrected chi connectivity index (χ2v) is 4.00. The van der Waals surface area contributed by atoms with Crippen molar-refractivity contribution >= 4 is 11.6 Å². The molecule has 0 aliphatic heterocycles. The minimum absolute atomic E-state index is 0.199. The molecule has 0 bridgehead atoms. The van der Waals surface area contributed by atoms with Gasteiger partial charge in [0.15, 0.2) is 0 Å². The van der Waals surface area contributed by atoms with Crippen molar-refractivity contribution in [3.63, 3.8) is 0 Å². The number of amides is 1. The summed E-state index contributed by atoms with van der Waals surface area (Å²) in [4.78, 5) is 12.1. The number of hydrogen-bond acceptors (Lipinski definition) is 2. The highest BCUT2D eigenvalue weighted by Crippen LogP contribution is 2.17. The summed E-state index contributed by atoms with van der Waals surface area (Å²) in [6.45, 7) is -0.206. The Morgan fingerprint density at radius 2 is 1.56 bits per heavy atom. The third kappa shape index (κ3) is 2.96. The molecule has 2 rings (SSSR count). The third-order valence-electron chi connectivity index (χ3n) is 2.74. The average molecular weight is 241 g/mol. The molecule has 0 aromatic heterocycles. The van der Waals surface area contributed by atoms with E-state index < -0.39 is 5.92 Å². The lowest BCUT2D eigenvalue weighted by atomic mass is 9.99. The Morgan fingerprint density at radius 3 is 2.11 bits per heavy atom. The number of carbonyl (C=O) groups excluding carboxylic acids is 1. The van der Waals surface area contributed by atoms with Gasteiger partial charge in [-0.15, -0.1) is 0 Å². The molecule has 1 amide bonds. The van der Waals surface area contributed by atoms with Crippen LogP contribution < -0.4 is 5.32 Å². The van der Waals surface area contributed by atoms with Crippen molar-refractivity contribution in [1.82, 2.24) is 0 Å². The largest absolute Gasteiger partial charge is 0.395 e. The molecule has 2 N–H and O–H groups in total. The maximum absolute atomic E-state index is 12.1. The normalized spacial score (nSPS) is 11.8. The molecule has 3 nitrogen and oxygen atoms in total. The van der Waals surface area contributed by atoms with Gasteiger partial charge in [-0.25, -0.2) is 0 Å². The first kappa shape index (κ1) is 12.3. The van der Waals surface area contributed by atoms with Crippen molar-refractivity contribution in [1.29, 1.82) is 0 Å². The molecule has 0 saturated carbocycles. The van der Waals surface area contributed by atoms with E-state index in [-0.39, 0.29) is 12.5 Å². The molecule has 0 spiro atoms. The Bertz CT molecular complexity index is 496. The second kappa shape index (κ2) is 5.98. The van der Waals surface area contributed by atoms with Gasteiger partial charge in [0.05, 0.1) is 12.5 Å². The number of aliphatic hydroxyl groups is 1. The number of aliphatic hydroxyl groups excluding tert-OH is 1. The van der Waals surface area contributed by atoms with Gasteiger partial charge in [-0.3, -0.25) is 4.79 Å². The lowest BCUT2D eigenvalue weighted by molar-refractivity contribution is -0.118. The lowest BCUT2D eigenvalue weighted by Gasteiger charge is -2.14. The predicted molar refractivity (Wildman–Crippen MR) is 71.3 cm³/mol. The monoisotopic (exact) mass is 241 g/mol. The van der Waals surface area contributed by atoms with Crippen LogP contribution in [0.4, 0.5) is 5.69 Å². The minimum Gasteiger partial charge on any atom is -0.395 e. The van der Waals surface area contributed by atoms with Crippen molar-refractivity contribution in [2.75, 3.05) is 11.9 Å². The molecule has 0 heterocycles. The van der Waals surface area contributed by atoms with Crippen LogP contribution in [0.5, 0.6) is 0 Å². The quantitative estimate of drug-likeness (QED) is 0.863. The van der Waals surface area contributed by atoms with Gasteiger partial charge in [-0.2, -0.15) is 0 Å². The van der Waals surface area contributed by atoms with Crippen LogP contribution in [0.2, 0.25) is 0 Å². The molecular formula is C15H15NO2. The Hall–Kier alpha value is -2.13. The van der Waals surface area contributed by atoms with E-state index in [0.29, 0.717) is 0 Å². The Labute approximate surface area is 106 Å². The minimum atomic E-state index is -0.536. The van der Waals surface area contributed by atoms with E-state index in [1.807, 2.05) is 60.7 Å². The first-order chi connectivity index (χ1) is 8.81. The van der Waals surface area contributed by atoms with Gasteiger partial charge in [0.25, 0.3) is 0 Å². The maximum Gasteiger partial charge on any atom is 0.234 e. The Morgan fingerprint density at radius 1 is 1.00 bits per heavy atom. The molecule has 0 aliphatic rings. The Balaban J connectivity index is 2.12. The lowest BCUT2D eigenvalue weighted by Crippen LogP contribution is -2.23. The molecule has 2 aromatic carbocycles. The van der Waals surface area contributed by atoms with Crippen LogP contribution in [0.1, 0.15) is 11.5 Å². The molecule has 1 unspecified atom stereocenters. The van der Waals surface area contributed by atoms with Crippen LogP contribution in [-0.4, -0.2) is 17.6 Å². The highest BCUT2D eigenvalue weighted by Gasteiger charge is 2.19. The van der Waals surface area contributed by atoms with E-state index in [0.717, 1.165) is 11.3 Å². The fourth-order valence-corrected chi connectivity index (χ4v) is 1.78. The number of benzene rings is 2. The molecule has 3 heteroatoms. The smallest absolute Gasteiger partial charge is 0.234 e. The predicted octanol–water partition coefficient (Wildman–Crippen LogP) is 2.40. The van der Waals surface area contributed by atoms with Crippen LogP contribution in [0.25, 0.3) is 0 Å². The van der Waals surface area contributed by atoms with Gasteiger partial charge in [0.1, 0.15) is 0 Å². The summed E-state index contributed by atoms with van der Waals surface area (Å²) in [5.74, 6) is -0.735. The summed E-state index contributed by atoms with van der Waals surface area (Å²) in [6.07, 6.45) is 0. The summed E-state index contributed by atoms with van der Waals surface area (Å²) < 4.78 is 0. The zero-order valence-electron chi connectivity index (χ0n) is 9.91. The van der Waals surface area contributed by atoms with Gasteiger partial charge >= 0.3 is 0 Å². The standard InChI is InChI=1S/C15H15NO2/c17-11-14(12-7-3-1-4-8-12)15(18)16-13-9-5-2-6-10-13/h1-10,14,17H,11H2,(H,16,18). The highest BCUT2D eigenvalue weighted by atomic mass is 16.3. The topological polar surface area (TPSA) is 49.3 Å². The number of rotatable bonds is 4. The number of anilines is 1. The van der Waals surface area contributed by atoms with Crippen molar-refractivity contribution in [3.05, 3.63) is 66.2 Å². The van der Waals surface area contributed by atoms with Crippen LogP contribution in [0, 0.1) is 0 Å². The summed E-state index contributed by atoms with van der Waals surface area (Å²) in [6, 6.07) is 18.5. The Kier molecular flexibility index (Phi) is 4.10. The number of hydrogen-bond donors (Lipinski definition) is 2. The molecule has 0 radical (unpaired) electrons. The van der Waals surface area contributed by atoms with Crippen molar-refractivity contribution in [2.24, 2.45) is 0 Å². The van der Waals surface area contributed by atoms with Gasteiger partial charge in [-0.05, 0) is 17.7 Å². The fourth-order valence-electron chi connectivity index (χ4n) is 1.78. The van der Waals surface area contributed by atoms with Gasteiger partial charge in [0.2, 0.25) is 5.91 Å². The summed E-state index contributed by atoms with van der Waals surface area (Å²) >= 11 is 0. The van der Waals surface area contributed by atoms with Crippen LogP contribution in [0.15, 0.2) is 60.7 Å². The molecule has 1 atom stereocenters. The van der Waals surface area contributed by atoms with Crippen molar-refractivity contribution in [3.8, 4) is 0 Å². The summed E-state index contributed by atoms with van der Waals surface area (Å²) in [5.41, 5.74) is 1.55. The number of carbonyl (C=O) groups is 1. The molecule has 0 saturated heterocycles. The highest BCUT2D eigenvalue weighted by molar-refractivity contribution is 5.95. The van der Waals surface area contributed by atoms with Crippen LogP contribution in [-0.2, 0) is 4.79 Å². The second-order valence-electron chi connectivity index (χ2n) is 4.00. The van der Waals surface area contributed by atoms with E-state index in [2.05, 4.69) is 5.32 Å². The SMILES string of the molecule is O=C(Nc1ccccc1)C(CO)c1ccccc1. The van der Waals surface area contributed by atoms with Crippen LogP contribution >= 0.6 is 0 Å². The van der Waals surface area contributed by atoms with E-state index in [1.165, 1.54) is 0 Å². The van der Waals surface area contributed by atoms with Gasteiger partial charge in [-0.1, -0.05) is 48.5 Å². The first-order valence-corrected chi connectivity index (χ1v) is 5.83. The van der Waals surface area contributed by atoms with Crippen molar-refractivity contribution < 1.29 is 9.90 Å². The molecular weight excluding hydrogens is 226 g/mol. The summed E-state index contributed by atoms with van der Waals surface area (Å²) in [5, 5.41) is 12.2. The third-order valence-corrected chi connectivity index (χ3v) is 2.74. The van der Waals surface area contributed by atoms with Crippen molar-refractivity contribution in [2.45, 2.75) is 5.92 Å². The number of para-hydroxylation sites is 1. The molecule has 92 valence electrons. The summed E-state index contributed by atoms with van der Waals surface area (Å²) in [7, 11) is 0. The van der Waals surface area contributed by atoms with E-state index in [9.17, 15) is 9.90 Å². The van der Waals surface area contributed by atoms with E-state index >= 15 is 0 Å². The zero-order valence-corrected chi connectivity index (χ0v) is 9.91.